The molecule has 0 heterocycles. The lowest BCUT2D eigenvalue weighted by molar-refractivity contribution is 0.102. The van der Waals surface area contributed by atoms with E-state index in [4.69, 9.17) is 0 Å². The second kappa shape index (κ2) is 7.32. The molecule has 0 bridgehead atoms. The third-order valence-corrected chi connectivity index (χ3v) is 7.85. The van der Waals surface area contributed by atoms with Gasteiger partial charge in [-0.05, 0) is 53.3 Å². The molecule has 1 aliphatic rings. The van der Waals surface area contributed by atoms with Gasteiger partial charge in [0.1, 0.15) is 0 Å². The lowest BCUT2D eigenvalue weighted by Crippen LogP contribution is -2.32. The van der Waals surface area contributed by atoms with Crippen molar-refractivity contribution in [3.63, 3.8) is 0 Å². The molecular weight excluding hydrogens is 240 g/mol. The fourth-order valence-electron chi connectivity index (χ4n) is 4.48. The quantitative estimate of drug-likeness (QED) is 0.475. The lowest BCUT2D eigenvalue weighted by atomic mass is 9.67. The van der Waals surface area contributed by atoms with Crippen LogP contribution in [0.5, 0.6) is 0 Å². The summed E-state index contributed by atoms with van der Waals surface area (Å²) in [7, 11) is 0. The molecule has 0 amide bonds. The zero-order chi connectivity index (χ0) is 15.6. The fraction of sp³-hybridized carbons (Fsp3) is 1.00. The van der Waals surface area contributed by atoms with E-state index in [2.05, 4.69) is 62.3 Å². The Balaban J connectivity index is 3.00. The second-order valence-electron chi connectivity index (χ2n) is 8.55. The average Bonchev–Trinajstić information content (AvgIpc) is 2.46. The molecule has 120 valence electrons. The van der Waals surface area contributed by atoms with Gasteiger partial charge in [-0.1, -0.05) is 75.2 Å². The van der Waals surface area contributed by atoms with E-state index in [1.165, 1.54) is 12.8 Å². The van der Waals surface area contributed by atoms with Gasteiger partial charge in [-0.15, -0.1) is 0 Å². The summed E-state index contributed by atoms with van der Waals surface area (Å²) in [5.74, 6) is 7.66. The maximum atomic E-state index is 2.51. The predicted octanol–water partition coefficient (Wildman–Crippen LogP) is 6.51. The van der Waals surface area contributed by atoms with Gasteiger partial charge in [-0.25, -0.2) is 0 Å². The first-order valence-corrected chi connectivity index (χ1v) is 9.18. The standard InChI is InChI=1S/C20H40/c1-12-10-11-13(2)15(4)17(6)19(8)20(9)18(7)16(5)14(12)3/h12-20H,10-11H2,1-9H3. The van der Waals surface area contributed by atoms with Crippen LogP contribution in [0.3, 0.4) is 0 Å². The molecule has 0 spiro atoms. The number of rotatable bonds is 0. The summed E-state index contributed by atoms with van der Waals surface area (Å²) in [4.78, 5) is 0. The van der Waals surface area contributed by atoms with Gasteiger partial charge in [-0.3, -0.25) is 0 Å². The summed E-state index contributed by atoms with van der Waals surface area (Å²) < 4.78 is 0. The van der Waals surface area contributed by atoms with E-state index in [1.807, 2.05) is 0 Å². The molecule has 0 aliphatic heterocycles. The van der Waals surface area contributed by atoms with Crippen LogP contribution in [0.15, 0.2) is 0 Å². The van der Waals surface area contributed by atoms with E-state index in [9.17, 15) is 0 Å². The van der Waals surface area contributed by atoms with Crippen molar-refractivity contribution in [2.24, 2.45) is 53.3 Å². The molecule has 1 aliphatic carbocycles. The van der Waals surface area contributed by atoms with Crippen LogP contribution in [0, 0.1) is 53.3 Å². The summed E-state index contributed by atoms with van der Waals surface area (Å²) in [5.41, 5.74) is 0. The van der Waals surface area contributed by atoms with Crippen LogP contribution in [0.25, 0.3) is 0 Å². The third kappa shape index (κ3) is 3.80. The Morgan fingerprint density at radius 2 is 0.550 bits per heavy atom. The van der Waals surface area contributed by atoms with Crippen LogP contribution in [0.2, 0.25) is 0 Å². The van der Waals surface area contributed by atoms with Gasteiger partial charge in [0.05, 0.1) is 0 Å². The number of hydrogen-bond acceptors (Lipinski definition) is 0. The lowest BCUT2D eigenvalue weighted by Gasteiger charge is -2.38. The highest BCUT2D eigenvalue weighted by atomic mass is 14.4. The highest BCUT2D eigenvalue weighted by molar-refractivity contribution is 4.84. The molecule has 1 fully saturated rings. The summed E-state index contributed by atoms with van der Waals surface area (Å²) in [5, 5.41) is 0. The smallest absolute Gasteiger partial charge is 0.0386 e. The minimum atomic E-state index is 0.836. The van der Waals surface area contributed by atoms with E-state index in [1.54, 1.807) is 0 Å². The Labute approximate surface area is 129 Å². The highest BCUT2D eigenvalue weighted by Crippen LogP contribution is 2.42. The Hall–Kier alpha value is 0. The monoisotopic (exact) mass is 280 g/mol. The third-order valence-electron chi connectivity index (χ3n) is 7.85. The van der Waals surface area contributed by atoms with Gasteiger partial charge in [-0.2, -0.15) is 0 Å². The topological polar surface area (TPSA) is 0 Å². The van der Waals surface area contributed by atoms with Crippen molar-refractivity contribution in [1.82, 2.24) is 0 Å². The van der Waals surface area contributed by atoms with Crippen molar-refractivity contribution in [3.8, 4) is 0 Å². The summed E-state index contributed by atoms with van der Waals surface area (Å²) in [6.07, 6.45) is 2.83. The maximum Gasteiger partial charge on any atom is -0.0386 e. The van der Waals surface area contributed by atoms with Gasteiger partial charge in [0.2, 0.25) is 0 Å². The molecule has 0 nitrogen and oxygen atoms in total. The van der Waals surface area contributed by atoms with Crippen LogP contribution in [-0.4, -0.2) is 0 Å². The molecule has 0 aromatic carbocycles. The summed E-state index contributed by atoms with van der Waals surface area (Å²) >= 11 is 0. The first kappa shape index (κ1) is 18.1. The van der Waals surface area contributed by atoms with Crippen molar-refractivity contribution < 1.29 is 0 Å². The van der Waals surface area contributed by atoms with E-state index in [0.29, 0.717) is 0 Å². The van der Waals surface area contributed by atoms with Crippen LogP contribution in [-0.2, 0) is 0 Å². The molecule has 8 atom stereocenters. The molecule has 1 saturated carbocycles. The maximum absolute atomic E-state index is 2.51. The highest BCUT2D eigenvalue weighted by Gasteiger charge is 2.35. The van der Waals surface area contributed by atoms with E-state index in [-0.39, 0.29) is 0 Å². The van der Waals surface area contributed by atoms with Gasteiger partial charge < -0.3 is 0 Å². The predicted molar refractivity (Wildman–Crippen MR) is 91.7 cm³/mol. The van der Waals surface area contributed by atoms with Gasteiger partial charge in [0.25, 0.3) is 0 Å². The van der Waals surface area contributed by atoms with Crippen molar-refractivity contribution in [2.45, 2.75) is 75.2 Å². The van der Waals surface area contributed by atoms with Crippen LogP contribution >= 0.6 is 0 Å². The molecule has 1 rings (SSSR count). The molecule has 20 heavy (non-hydrogen) atoms. The van der Waals surface area contributed by atoms with Crippen molar-refractivity contribution in [1.29, 1.82) is 0 Å². The zero-order valence-electron chi connectivity index (χ0n) is 15.6. The minimum absolute atomic E-state index is 0.836. The first-order valence-electron chi connectivity index (χ1n) is 9.18. The van der Waals surface area contributed by atoms with E-state index in [0.717, 1.165) is 53.3 Å². The van der Waals surface area contributed by atoms with Gasteiger partial charge in [0.15, 0.2) is 0 Å². The van der Waals surface area contributed by atoms with E-state index < -0.39 is 0 Å². The van der Waals surface area contributed by atoms with Crippen LogP contribution < -0.4 is 0 Å². The second-order valence-corrected chi connectivity index (χ2v) is 8.55. The van der Waals surface area contributed by atoms with Crippen molar-refractivity contribution in [2.75, 3.05) is 0 Å². The Kier molecular flexibility index (Phi) is 6.61. The van der Waals surface area contributed by atoms with E-state index >= 15 is 0 Å². The molecule has 0 aromatic heterocycles. The SMILES string of the molecule is CC1CCC(C)C(C)C(C)C(C)C(C)C(C)C(C)C1C. The fourth-order valence-corrected chi connectivity index (χ4v) is 4.48. The molecule has 0 N–H and O–H groups in total. The molecule has 0 aromatic rings. The average molecular weight is 281 g/mol. The van der Waals surface area contributed by atoms with Crippen LogP contribution in [0.1, 0.15) is 75.2 Å². The van der Waals surface area contributed by atoms with Crippen molar-refractivity contribution >= 4 is 0 Å². The first-order chi connectivity index (χ1) is 9.18. The van der Waals surface area contributed by atoms with Gasteiger partial charge in [0, 0.05) is 0 Å². The Morgan fingerprint density at radius 1 is 0.350 bits per heavy atom. The molecule has 0 heteroatoms. The zero-order valence-corrected chi connectivity index (χ0v) is 15.6. The summed E-state index contributed by atoms with van der Waals surface area (Å²) in [6, 6.07) is 0. The largest absolute Gasteiger partial charge is 0.0622 e. The molecule has 0 radical (unpaired) electrons. The number of hydrogen-bond donors (Lipinski definition) is 0. The van der Waals surface area contributed by atoms with Crippen LogP contribution in [0.4, 0.5) is 0 Å². The Bertz CT molecular complexity index is 254. The normalized spacial score (nSPS) is 52.4. The molecular formula is C20H40. The molecule has 0 saturated heterocycles. The molecule has 8 unspecified atom stereocenters. The Morgan fingerprint density at radius 3 is 0.800 bits per heavy atom. The summed E-state index contributed by atoms with van der Waals surface area (Å²) in [6.45, 7) is 22.5. The minimum Gasteiger partial charge on any atom is -0.0622 e. The van der Waals surface area contributed by atoms with Crippen molar-refractivity contribution in [3.05, 3.63) is 0 Å². The van der Waals surface area contributed by atoms with Gasteiger partial charge >= 0.3 is 0 Å².